The van der Waals surface area contributed by atoms with Crippen molar-refractivity contribution < 1.29 is 9.53 Å². The molecular formula is C16H34N2O2. The van der Waals surface area contributed by atoms with E-state index in [-0.39, 0.29) is 12.1 Å². The lowest BCUT2D eigenvalue weighted by Gasteiger charge is -2.22. The van der Waals surface area contributed by atoms with E-state index in [1.54, 1.807) is 0 Å². The normalized spacial score (nSPS) is 13.1. The Balaban J connectivity index is 3.45. The molecule has 0 spiro atoms. The fourth-order valence-electron chi connectivity index (χ4n) is 1.88. The fraction of sp³-hybridized carbons (Fsp3) is 0.938. The van der Waals surface area contributed by atoms with Gasteiger partial charge in [-0.15, -0.1) is 0 Å². The second kappa shape index (κ2) is 11.0. The molecule has 2 N–H and O–H groups in total. The third kappa shape index (κ3) is 13.7. The minimum Gasteiger partial charge on any atom is -0.444 e. The summed E-state index contributed by atoms with van der Waals surface area (Å²) in [6.07, 6.45) is 7.13. The maximum atomic E-state index is 11.6. The first-order chi connectivity index (χ1) is 9.35. The average molecular weight is 286 g/mol. The zero-order valence-corrected chi connectivity index (χ0v) is 14.1. The van der Waals surface area contributed by atoms with E-state index in [1.807, 2.05) is 27.7 Å². The van der Waals surface area contributed by atoms with Gasteiger partial charge in [0.25, 0.3) is 0 Å². The van der Waals surface area contributed by atoms with Gasteiger partial charge in [-0.1, -0.05) is 32.6 Å². The third-order valence-corrected chi connectivity index (χ3v) is 2.97. The number of amides is 1. The van der Waals surface area contributed by atoms with Gasteiger partial charge in [-0.25, -0.2) is 4.79 Å². The van der Waals surface area contributed by atoms with Crippen molar-refractivity contribution in [2.75, 3.05) is 13.1 Å². The van der Waals surface area contributed by atoms with Crippen LogP contribution in [0.25, 0.3) is 0 Å². The largest absolute Gasteiger partial charge is 0.444 e. The lowest BCUT2D eigenvalue weighted by atomic mass is 10.1. The van der Waals surface area contributed by atoms with Crippen LogP contribution in [0.3, 0.4) is 0 Å². The highest BCUT2D eigenvalue weighted by atomic mass is 16.6. The van der Waals surface area contributed by atoms with Gasteiger partial charge in [0, 0.05) is 6.04 Å². The highest BCUT2D eigenvalue weighted by molar-refractivity contribution is 5.67. The van der Waals surface area contributed by atoms with Gasteiger partial charge in [-0.3, -0.25) is 0 Å². The molecule has 1 unspecified atom stereocenters. The first-order valence-electron chi connectivity index (χ1n) is 8.05. The summed E-state index contributed by atoms with van der Waals surface area (Å²) in [5.74, 6) is 0. The Bertz CT molecular complexity index is 249. The molecule has 0 radical (unpaired) electrons. The number of hydrogen-bond acceptors (Lipinski definition) is 3. The molecule has 120 valence electrons. The van der Waals surface area contributed by atoms with Gasteiger partial charge >= 0.3 is 6.09 Å². The minimum atomic E-state index is -0.430. The summed E-state index contributed by atoms with van der Waals surface area (Å²) in [6, 6.07) is 0.137. The highest BCUT2D eigenvalue weighted by Gasteiger charge is 2.17. The number of rotatable bonds is 10. The second-order valence-corrected chi connectivity index (χ2v) is 6.50. The summed E-state index contributed by atoms with van der Waals surface area (Å²) in [4.78, 5) is 11.6. The Morgan fingerprint density at radius 3 is 2.35 bits per heavy atom. The molecule has 0 aliphatic heterocycles. The van der Waals surface area contributed by atoms with E-state index in [0.29, 0.717) is 0 Å². The van der Waals surface area contributed by atoms with Crippen LogP contribution in [-0.2, 0) is 4.74 Å². The third-order valence-electron chi connectivity index (χ3n) is 2.97. The standard InChI is InChI=1S/C16H34N2O2/c1-6-7-8-9-10-12-17-13-11-14(2)18-15(19)20-16(3,4)5/h14,17H,6-13H2,1-5H3,(H,18,19). The maximum Gasteiger partial charge on any atom is 0.407 e. The average Bonchev–Trinajstić information content (AvgIpc) is 2.30. The summed E-state index contributed by atoms with van der Waals surface area (Å²) in [6.45, 7) is 11.9. The zero-order chi connectivity index (χ0) is 15.4. The van der Waals surface area contributed by atoms with Crippen molar-refractivity contribution in [3.8, 4) is 0 Å². The molecule has 0 saturated heterocycles. The molecule has 1 amide bonds. The predicted molar refractivity (Wildman–Crippen MR) is 85.1 cm³/mol. The molecule has 0 aromatic heterocycles. The Hall–Kier alpha value is -0.770. The van der Waals surface area contributed by atoms with Crippen molar-refractivity contribution in [2.24, 2.45) is 0 Å². The topological polar surface area (TPSA) is 50.4 Å². The van der Waals surface area contributed by atoms with Gasteiger partial charge in [-0.05, 0) is 53.6 Å². The SMILES string of the molecule is CCCCCCCNCCC(C)NC(=O)OC(C)(C)C. The summed E-state index contributed by atoms with van der Waals surface area (Å²) in [5, 5.41) is 6.28. The van der Waals surface area contributed by atoms with Gasteiger partial charge in [0.2, 0.25) is 0 Å². The Morgan fingerprint density at radius 2 is 1.75 bits per heavy atom. The number of nitrogens with one attached hydrogen (secondary N) is 2. The number of alkyl carbamates (subject to hydrolysis) is 1. The van der Waals surface area contributed by atoms with Crippen molar-refractivity contribution in [3.63, 3.8) is 0 Å². The fourth-order valence-corrected chi connectivity index (χ4v) is 1.88. The van der Waals surface area contributed by atoms with E-state index in [0.717, 1.165) is 19.5 Å². The second-order valence-electron chi connectivity index (χ2n) is 6.50. The van der Waals surface area contributed by atoms with Crippen molar-refractivity contribution in [2.45, 2.75) is 84.8 Å². The molecule has 4 nitrogen and oxygen atoms in total. The van der Waals surface area contributed by atoms with Crippen molar-refractivity contribution in [3.05, 3.63) is 0 Å². The number of carbonyl (C=O) groups is 1. The number of hydrogen-bond donors (Lipinski definition) is 2. The van der Waals surface area contributed by atoms with Crippen LogP contribution in [0.4, 0.5) is 4.79 Å². The molecule has 0 aliphatic carbocycles. The zero-order valence-electron chi connectivity index (χ0n) is 14.1. The molecule has 1 atom stereocenters. The molecule has 4 heteroatoms. The van der Waals surface area contributed by atoms with Crippen LogP contribution in [0.15, 0.2) is 0 Å². The molecule has 0 saturated carbocycles. The summed E-state index contributed by atoms with van der Waals surface area (Å²) in [7, 11) is 0. The van der Waals surface area contributed by atoms with Crippen molar-refractivity contribution in [1.82, 2.24) is 10.6 Å². The smallest absolute Gasteiger partial charge is 0.407 e. The first-order valence-corrected chi connectivity index (χ1v) is 8.05. The van der Waals surface area contributed by atoms with Crippen LogP contribution in [0.1, 0.15) is 73.1 Å². The molecule has 0 aromatic carbocycles. The van der Waals surface area contributed by atoms with Gasteiger partial charge in [0.1, 0.15) is 5.60 Å². The number of carbonyl (C=O) groups excluding carboxylic acids is 1. The molecular weight excluding hydrogens is 252 g/mol. The van der Waals surface area contributed by atoms with Crippen LogP contribution in [0.5, 0.6) is 0 Å². The Labute approximate surface area is 125 Å². The Kier molecular flexibility index (Phi) is 10.5. The monoisotopic (exact) mass is 286 g/mol. The minimum absolute atomic E-state index is 0.137. The van der Waals surface area contributed by atoms with Crippen LogP contribution in [-0.4, -0.2) is 30.8 Å². The van der Waals surface area contributed by atoms with E-state index < -0.39 is 5.60 Å². The van der Waals surface area contributed by atoms with E-state index >= 15 is 0 Å². The predicted octanol–water partition coefficient (Wildman–Crippen LogP) is 3.85. The molecule has 0 aromatic rings. The Morgan fingerprint density at radius 1 is 1.10 bits per heavy atom. The molecule has 0 fully saturated rings. The lowest BCUT2D eigenvalue weighted by Crippen LogP contribution is -2.39. The van der Waals surface area contributed by atoms with Crippen LogP contribution in [0.2, 0.25) is 0 Å². The molecule has 0 heterocycles. The van der Waals surface area contributed by atoms with Gasteiger partial charge in [0.05, 0.1) is 0 Å². The molecule has 0 bridgehead atoms. The first kappa shape index (κ1) is 19.2. The summed E-state index contributed by atoms with van der Waals surface area (Å²) >= 11 is 0. The quantitative estimate of drug-likeness (QED) is 0.600. The number of unbranched alkanes of at least 4 members (excludes halogenated alkanes) is 4. The van der Waals surface area contributed by atoms with E-state index in [1.165, 1.54) is 32.1 Å². The van der Waals surface area contributed by atoms with E-state index in [2.05, 4.69) is 17.6 Å². The molecule has 0 rings (SSSR count). The van der Waals surface area contributed by atoms with Crippen LogP contribution in [0, 0.1) is 0 Å². The van der Waals surface area contributed by atoms with E-state index in [4.69, 9.17) is 4.74 Å². The molecule has 20 heavy (non-hydrogen) atoms. The molecule has 0 aliphatic rings. The van der Waals surface area contributed by atoms with E-state index in [9.17, 15) is 4.79 Å². The summed E-state index contributed by atoms with van der Waals surface area (Å²) < 4.78 is 5.22. The van der Waals surface area contributed by atoms with Crippen molar-refractivity contribution >= 4 is 6.09 Å². The van der Waals surface area contributed by atoms with Gasteiger partial charge in [-0.2, -0.15) is 0 Å². The number of ether oxygens (including phenoxy) is 1. The maximum absolute atomic E-state index is 11.6. The van der Waals surface area contributed by atoms with Crippen molar-refractivity contribution in [1.29, 1.82) is 0 Å². The summed E-state index contributed by atoms with van der Waals surface area (Å²) in [5.41, 5.74) is -0.430. The van der Waals surface area contributed by atoms with Crippen LogP contribution >= 0.6 is 0 Å². The van der Waals surface area contributed by atoms with Gasteiger partial charge < -0.3 is 15.4 Å². The van der Waals surface area contributed by atoms with Gasteiger partial charge in [0.15, 0.2) is 0 Å². The highest BCUT2D eigenvalue weighted by Crippen LogP contribution is 2.07. The van der Waals surface area contributed by atoms with Crippen LogP contribution < -0.4 is 10.6 Å². The lowest BCUT2D eigenvalue weighted by molar-refractivity contribution is 0.0506.